The van der Waals surface area contributed by atoms with E-state index in [2.05, 4.69) is 32.8 Å². The third kappa shape index (κ3) is 2.80. The Hall–Kier alpha value is -2.93. The number of nitrogens with zero attached hydrogens (tertiary/aromatic N) is 4. The Bertz CT molecular complexity index is 1150. The van der Waals surface area contributed by atoms with Gasteiger partial charge < -0.3 is 9.55 Å². The maximum atomic E-state index is 12.3. The van der Waals surface area contributed by atoms with Gasteiger partial charge in [0.2, 0.25) is 0 Å². The van der Waals surface area contributed by atoms with Gasteiger partial charge in [-0.3, -0.25) is 4.79 Å². The molecule has 0 fully saturated rings. The number of nitrogens with one attached hydrogen (secondary N) is 1. The van der Waals surface area contributed by atoms with E-state index in [-0.39, 0.29) is 5.56 Å². The predicted octanol–water partition coefficient (Wildman–Crippen LogP) is 3.05. The molecule has 4 rings (SSSR count). The van der Waals surface area contributed by atoms with Gasteiger partial charge in [-0.05, 0) is 19.1 Å². The van der Waals surface area contributed by atoms with Crippen molar-refractivity contribution in [2.75, 3.05) is 0 Å². The van der Waals surface area contributed by atoms with E-state index in [9.17, 15) is 4.79 Å². The average molecular weight is 363 g/mol. The topological polar surface area (TPSA) is 76.5 Å². The second-order valence-corrected chi connectivity index (χ2v) is 6.69. The summed E-state index contributed by atoms with van der Waals surface area (Å²) < 4.78 is 1.87. The van der Waals surface area contributed by atoms with Crippen LogP contribution in [0.15, 0.2) is 53.3 Å². The summed E-state index contributed by atoms with van der Waals surface area (Å²) in [7, 11) is 1.88. The third-order valence-corrected chi connectivity index (χ3v) is 4.83. The zero-order valence-corrected chi connectivity index (χ0v) is 15.2. The molecule has 0 saturated carbocycles. The fourth-order valence-corrected chi connectivity index (χ4v) is 3.24. The van der Waals surface area contributed by atoms with Gasteiger partial charge in [-0.15, -0.1) is 10.2 Å². The summed E-state index contributed by atoms with van der Waals surface area (Å²) in [5.41, 5.74) is 2.59. The van der Waals surface area contributed by atoms with Crippen molar-refractivity contribution in [3.05, 3.63) is 76.1 Å². The summed E-state index contributed by atoms with van der Waals surface area (Å²) in [5, 5.41) is 8.62. The molecule has 0 aliphatic carbocycles. The van der Waals surface area contributed by atoms with Crippen LogP contribution in [0, 0.1) is 6.92 Å². The Morgan fingerprint density at radius 3 is 2.58 bits per heavy atom. The van der Waals surface area contributed by atoms with Gasteiger partial charge in [-0.25, -0.2) is 4.98 Å². The number of hydrogen-bond acceptors (Lipinski definition) is 5. The lowest BCUT2D eigenvalue weighted by Gasteiger charge is -2.11. The molecule has 0 spiro atoms. The average Bonchev–Trinajstić information content (AvgIpc) is 3.03. The van der Waals surface area contributed by atoms with E-state index in [4.69, 9.17) is 0 Å². The molecule has 0 aliphatic rings. The fourth-order valence-electron chi connectivity index (χ4n) is 2.89. The first kappa shape index (κ1) is 16.5. The van der Waals surface area contributed by atoms with Crippen molar-refractivity contribution >= 4 is 23.5 Å². The van der Waals surface area contributed by atoms with Gasteiger partial charge in [0.15, 0.2) is 11.6 Å². The van der Waals surface area contributed by atoms with Crippen LogP contribution in [0.1, 0.15) is 22.5 Å². The summed E-state index contributed by atoms with van der Waals surface area (Å²) in [6, 6.07) is 15.3. The van der Waals surface area contributed by atoms with Crippen molar-refractivity contribution in [1.82, 2.24) is 24.7 Å². The molecule has 2 aromatic heterocycles. The highest BCUT2D eigenvalue weighted by Gasteiger charge is 2.21. The summed E-state index contributed by atoms with van der Waals surface area (Å²) in [6.45, 7) is 2.04. The van der Waals surface area contributed by atoms with Crippen LogP contribution < -0.4 is 5.56 Å². The predicted molar refractivity (Wildman–Crippen MR) is 104 cm³/mol. The molecule has 1 N–H and O–H groups in total. The first-order valence-electron chi connectivity index (χ1n) is 8.18. The van der Waals surface area contributed by atoms with Crippen LogP contribution in [0.4, 0.5) is 0 Å². The lowest BCUT2D eigenvalue weighted by atomic mass is 10.1. The van der Waals surface area contributed by atoms with E-state index < -0.39 is 5.25 Å². The number of hydrogen-bond donors (Lipinski definition) is 2. The Kier molecular flexibility index (Phi) is 4.08. The molecule has 2 heterocycles. The minimum atomic E-state index is -0.496. The monoisotopic (exact) mass is 363 g/mol. The van der Waals surface area contributed by atoms with Gasteiger partial charge in [0.05, 0.1) is 10.9 Å². The van der Waals surface area contributed by atoms with Gasteiger partial charge in [-0.2, -0.15) is 12.6 Å². The van der Waals surface area contributed by atoms with Gasteiger partial charge in [0.1, 0.15) is 11.1 Å². The Balaban J connectivity index is 1.76. The van der Waals surface area contributed by atoms with Crippen LogP contribution in [0.25, 0.3) is 22.3 Å². The van der Waals surface area contributed by atoms with Crippen LogP contribution >= 0.6 is 12.6 Å². The number of aromatic amines is 1. The number of benzene rings is 2. The maximum absolute atomic E-state index is 12.3. The Morgan fingerprint density at radius 1 is 1.08 bits per heavy atom. The number of rotatable bonds is 3. The van der Waals surface area contributed by atoms with Crippen molar-refractivity contribution in [2.24, 2.45) is 7.05 Å². The van der Waals surface area contributed by atoms with Crippen molar-refractivity contribution in [1.29, 1.82) is 0 Å². The SMILES string of the molecule is Cc1ccc(-c2nnc(C(S)c3nc4ccccc4c(=O)[nH]3)n2C)cc1. The molecular formula is C19H17N5OS. The van der Waals surface area contributed by atoms with E-state index >= 15 is 0 Å². The number of thiol groups is 1. The van der Waals surface area contributed by atoms with Crippen LogP contribution in [0.3, 0.4) is 0 Å². The molecule has 6 nitrogen and oxygen atoms in total. The highest BCUT2D eigenvalue weighted by Crippen LogP contribution is 2.27. The fraction of sp³-hybridized carbons (Fsp3) is 0.158. The van der Waals surface area contributed by atoms with Gasteiger partial charge in [-0.1, -0.05) is 42.0 Å². The highest BCUT2D eigenvalue weighted by molar-refractivity contribution is 7.80. The summed E-state index contributed by atoms with van der Waals surface area (Å²) in [4.78, 5) is 19.6. The first-order valence-corrected chi connectivity index (χ1v) is 8.69. The molecule has 0 amide bonds. The number of H-pyrrole nitrogens is 1. The minimum absolute atomic E-state index is 0.189. The minimum Gasteiger partial charge on any atom is -0.313 e. The van der Waals surface area contributed by atoms with E-state index in [0.717, 1.165) is 11.4 Å². The normalized spacial score (nSPS) is 12.4. The van der Waals surface area contributed by atoms with Crippen LogP contribution in [-0.2, 0) is 7.05 Å². The zero-order chi connectivity index (χ0) is 18.3. The molecule has 0 bridgehead atoms. The van der Waals surface area contributed by atoms with Crippen molar-refractivity contribution < 1.29 is 0 Å². The molecule has 26 heavy (non-hydrogen) atoms. The molecule has 2 aromatic carbocycles. The van der Waals surface area contributed by atoms with E-state index in [0.29, 0.717) is 22.6 Å². The van der Waals surface area contributed by atoms with Crippen molar-refractivity contribution in [3.63, 3.8) is 0 Å². The molecule has 0 radical (unpaired) electrons. The molecule has 4 aromatic rings. The number of fused-ring (bicyclic) bond motifs is 1. The summed E-state index contributed by atoms with van der Waals surface area (Å²) >= 11 is 4.64. The second kappa shape index (κ2) is 6.42. The van der Waals surface area contributed by atoms with Crippen molar-refractivity contribution in [2.45, 2.75) is 12.2 Å². The van der Waals surface area contributed by atoms with Crippen LogP contribution in [0.2, 0.25) is 0 Å². The molecular weight excluding hydrogens is 346 g/mol. The van der Waals surface area contributed by atoms with Gasteiger partial charge >= 0.3 is 0 Å². The third-order valence-electron chi connectivity index (χ3n) is 4.35. The first-order chi connectivity index (χ1) is 12.5. The molecule has 7 heteroatoms. The number of para-hydroxylation sites is 1. The summed E-state index contributed by atoms with van der Waals surface area (Å²) in [6.07, 6.45) is 0. The van der Waals surface area contributed by atoms with Crippen LogP contribution in [-0.4, -0.2) is 24.7 Å². The van der Waals surface area contributed by atoms with Gasteiger partial charge in [0, 0.05) is 12.6 Å². The second-order valence-electron chi connectivity index (χ2n) is 6.18. The molecule has 0 aliphatic heterocycles. The Labute approximate surface area is 155 Å². The van der Waals surface area contributed by atoms with E-state index in [1.54, 1.807) is 6.07 Å². The number of aromatic nitrogens is 5. The Morgan fingerprint density at radius 2 is 1.81 bits per heavy atom. The molecule has 130 valence electrons. The quantitative estimate of drug-likeness (QED) is 0.549. The molecule has 0 saturated heterocycles. The summed E-state index contributed by atoms with van der Waals surface area (Å²) in [5.74, 6) is 1.80. The molecule has 1 unspecified atom stereocenters. The molecule has 1 atom stereocenters. The standard InChI is InChI=1S/C19H17N5OS/c1-11-7-9-12(10-8-11)17-22-23-18(24(17)2)15(26)16-20-14-6-4-3-5-13(14)19(25)21-16/h3-10,15,26H,1-2H3,(H,20,21,25). The number of aryl methyl sites for hydroxylation is 1. The van der Waals surface area contributed by atoms with E-state index in [1.807, 2.05) is 61.0 Å². The van der Waals surface area contributed by atoms with Crippen LogP contribution in [0.5, 0.6) is 0 Å². The smallest absolute Gasteiger partial charge is 0.258 e. The van der Waals surface area contributed by atoms with E-state index in [1.165, 1.54) is 5.56 Å². The van der Waals surface area contributed by atoms with Crippen molar-refractivity contribution in [3.8, 4) is 11.4 Å². The van der Waals surface area contributed by atoms with Gasteiger partial charge in [0.25, 0.3) is 5.56 Å². The zero-order valence-electron chi connectivity index (χ0n) is 14.3. The largest absolute Gasteiger partial charge is 0.313 e. The highest BCUT2D eigenvalue weighted by atomic mass is 32.1. The maximum Gasteiger partial charge on any atom is 0.258 e. The lowest BCUT2D eigenvalue weighted by molar-refractivity contribution is 0.791. The lowest BCUT2D eigenvalue weighted by Crippen LogP contribution is -2.15.